The van der Waals surface area contributed by atoms with E-state index in [9.17, 15) is 9.50 Å². The summed E-state index contributed by atoms with van der Waals surface area (Å²) < 4.78 is 13.5. The molecule has 2 aromatic rings. The van der Waals surface area contributed by atoms with Crippen LogP contribution in [0.25, 0.3) is 0 Å². The minimum absolute atomic E-state index is 0.209. The molecule has 5 nitrogen and oxygen atoms in total. The molecule has 2 unspecified atom stereocenters. The Labute approximate surface area is 127 Å². The SMILES string of the molecule is Cc1cc(C#N)nc(N2CC(O)CC2c2cccc(F)c2)n1. The molecule has 2 heterocycles. The van der Waals surface area contributed by atoms with Crippen molar-refractivity contribution in [1.82, 2.24) is 9.97 Å². The lowest BCUT2D eigenvalue weighted by molar-refractivity contribution is 0.194. The summed E-state index contributed by atoms with van der Waals surface area (Å²) in [6, 6.07) is 9.71. The van der Waals surface area contributed by atoms with Crippen LogP contribution in [0.1, 0.15) is 29.4 Å². The first-order chi connectivity index (χ1) is 10.6. The van der Waals surface area contributed by atoms with E-state index < -0.39 is 6.10 Å². The lowest BCUT2D eigenvalue weighted by Crippen LogP contribution is -2.26. The van der Waals surface area contributed by atoms with Gasteiger partial charge in [0.25, 0.3) is 0 Å². The van der Waals surface area contributed by atoms with Crippen LogP contribution in [0.2, 0.25) is 0 Å². The molecule has 0 bridgehead atoms. The second kappa shape index (κ2) is 5.70. The van der Waals surface area contributed by atoms with Crippen LogP contribution < -0.4 is 4.90 Å². The molecule has 1 aliphatic rings. The number of aliphatic hydroxyl groups is 1. The van der Waals surface area contributed by atoms with Crippen LogP contribution in [0.15, 0.2) is 30.3 Å². The van der Waals surface area contributed by atoms with Crippen LogP contribution >= 0.6 is 0 Å². The number of rotatable bonds is 2. The first-order valence-electron chi connectivity index (χ1n) is 7.03. The first-order valence-corrected chi connectivity index (χ1v) is 7.03. The van der Waals surface area contributed by atoms with Crippen molar-refractivity contribution in [3.8, 4) is 6.07 Å². The van der Waals surface area contributed by atoms with Crippen molar-refractivity contribution in [3.63, 3.8) is 0 Å². The van der Waals surface area contributed by atoms with Crippen molar-refractivity contribution in [2.45, 2.75) is 25.5 Å². The quantitative estimate of drug-likeness (QED) is 0.919. The standard InChI is InChI=1S/C16H15FN4O/c1-10-5-13(8-18)20-16(19-10)21-9-14(22)7-15(21)11-3-2-4-12(17)6-11/h2-6,14-15,22H,7,9H2,1H3. The van der Waals surface area contributed by atoms with Crippen LogP contribution in [-0.4, -0.2) is 27.7 Å². The Bertz CT molecular complexity index is 743. The van der Waals surface area contributed by atoms with E-state index in [0.29, 0.717) is 24.6 Å². The van der Waals surface area contributed by atoms with Crippen LogP contribution in [0.4, 0.5) is 10.3 Å². The summed E-state index contributed by atoms with van der Waals surface area (Å²) in [7, 11) is 0. The number of anilines is 1. The highest BCUT2D eigenvalue weighted by Crippen LogP contribution is 2.35. The van der Waals surface area contributed by atoms with Crippen molar-refractivity contribution in [2.75, 3.05) is 11.4 Å². The molecule has 112 valence electrons. The fourth-order valence-electron chi connectivity index (χ4n) is 2.80. The molecule has 22 heavy (non-hydrogen) atoms. The van der Waals surface area contributed by atoms with Crippen molar-refractivity contribution in [1.29, 1.82) is 5.26 Å². The zero-order chi connectivity index (χ0) is 15.7. The number of nitrogens with zero attached hydrogens (tertiary/aromatic N) is 4. The van der Waals surface area contributed by atoms with E-state index in [-0.39, 0.29) is 17.6 Å². The van der Waals surface area contributed by atoms with Gasteiger partial charge < -0.3 is 10.0 Å². The molecule has 1 saturated heterocycles. The van der Waals surface area contributed by atoms with Crippen LogP contribution in [0, 0.1) is 24.1 Å². The Morgan fingerprint density at radius 2 is 2.18 bits per heavy atom. The zero-order valence-corrected chi connectivity index (χ0v) is 12.1. The van der Waals surface area contributed by atoms with E-state index in [1.165, 1.54) is 12.1 Å². The number of halogens is 1. The second-order valence-electron chi connectivity index (χ2n) is 5.42. The van der Waals surface area contributed by atoms with Gasteiger partial charge in [-0.2, -0.15) is 5.26 Å². The number of hydrogen-bond acceptors (Lipinski definition) is 5. The van der Waals surface area contributed by atoms with Gasteiger partial charge >= 0.3 is 0 Å². The lowest BCUT2D eigenvalue weighted by Gasteiger charge is -2.25. The van der Waals surface area contributed by atoms with Gasteiger partial charge in [-0.25, -0.2) is 14.4 Å². The number of aliphatic hydroxyl groups excluding tert-OH is 1. The second-order valence-corrected chi connectivity index (χ2v) is 5.42. The van der Waals surface area contributed by atoms with Crippen LogP contribution in [0.5, 0.6) is 0 Å². The highest BCUT2D eigenvalue weighted by molar-refractivity contribution is 5.42. The van der Waals surface area contributed by atoms with E-state index in [2.05, 4.69) is 9.97 Å². The van der Waals surface area contributed by atoms with Gasteiger partial charge in [0.2, 0.25) is 5.95 Å². The summed E-state index contributed by atoms with van der Waals surface area (Å²) in [6.07, 6.45) is -0.0641. The minimum Gasteiger partial charge on any atom is -0.391 e. The molecule has 1 aromatic heterocycles. The van der Waals surface area contributed by atoms with Gasteiger partial charge in [0, 0.05) is 12.2 Å². The van der Waals surface area contributed by atoms with Crippen molar-refractivity contribution in [2.24, 2.45) is 0 Å². The van der Waals surface area contributed by atoms with E-state index in [0.717, 1.165) is 5.56 Å². The number of aryl methyl sites for hydroxylation is 1. The van der Waals surface area contributed by atoms with E-state index in [4.69, 9.17) is 5.26 Å². The molecule has 1 aromatic carbocycles. The number of β-amino-alcohol motifs (C(OH)–C–C–N with tert-alkyl or cyclic N) is 1. The molecule has 6 heteroatoms. The molecule has 0 radical (unpaired) electrons. The van der Waals surface area contributed by atoms with Gasteiger partial charge in [0.15, 0.2) is 0 Å². The normalized spacial score (nSPS) is 20.9. The molecule has 2 atom stereocenters. The van der Waals surface area contributed by atoms with Gasteiger partial charge in [0.1, 0.15) is 17.6 Å². The fourth-order valence-corrected chi connectivity index (χ4v) is 2.80. The third kappa shape index (κ3) is 2.76. The summed E-state index contributed by atoms with van der Waals surface area (Å²) in [4.78, 5) is 10.4. The number of benzene rings is 1. The first kappa shape index (κ1) is 14.4. The smallest absolute Gasteiger partial charge is 0.227 e. The molecule has 0 spiro atoms. The maximum atomic E-state index is 13.5. The summed E-state index contributed by atoms with van der Waals surface area (Å²) in [5, 5.41) is 19.0. The van der Waals surface area contributed by atoms with Gasteiger partial charge in [-0.05, 0) is 37.1 Å². The van der Waals surface area contributed by atoms with Crippen molar-refractivity contribution >= 4 is 5.95 Å². The maximum Gasteiger partial charge on any atom is 0.227 e. The summed E-state index contributed by atoms with van der Waals surface area (Å²) in [5.41, 5.74) is 1.72. The Kier molecular flexibility index (Phi) is 3.73. The number of aromatic nitrogens is 2. The zero-order valence-electron chi connectivity index (χ0n) is 12.1. The largest absolute Gasteiger partial charge is 0.391 e. The Balaban J connectivity index is 2.01. The molecule has 3 rings (SSSR count). The monoisotopic (exact) mass is 298 g/mol. The van der Waals surface area contributed by atoms with Gasteiger partial charge in [-0.1, -0.05) is 12.1 Å². The number of hydrogen-bond donors (Lipinski definition) is 1. The van der Waals surface area contributed by atoms with Crippen LogP contribution in [-0.2, 0) is 0 Å². The fraction of sp³-hybridized carbons (Fsp3) is 0.312. The Morgan fingerprint density at radius 1 is 1.36 bits per heavy atom. The average Bonchev–Trinajstić information content (AvgIpc) is 2.88. The van der Waals surface area contributed by atoms with E-state index in [1.807, 2.05) is 17.0 Å². The Morgan fingerprint density at radius 3 is 2.91 bits per heavy atom. The maximum absolute atomic E-state index is 13.5. The third-order valence-electron chi connectivity index (χ3n) is 3.73. The summed E-state index contributed by atoms with van der Waals surface area (Å²) >= 11 is 0. The molecular formula is C16H15FN4O. The molecule has 1 N–H and O–H groups in total. The molecule has 1 aliphatic heterocycles. The molecule has 0 amide bonds. The van der Waals surface area contributed by atoms with E-state index >= 15 is 0 Å². The Hall–Kier alpha value is -2.52. The predicted octanol–water partition coefficient (Wildman–Crippen LogP) is 2.11. The van der Waals surface area contributed by atoms with E-state index in [1.54, 1.807) is 19.1 Å². The molecule has 0 aliphatic carbocycles. The minimum atomic E-state index is -0.539. The summed E-state index contributed by atoms with van der Waals surface area (Å²) in [6.45, 7) is 2.14. The molecular weight excluding hydrogens is 283 g/mol. The highest BCUT2D eigenvalue weighted by atomic mass is 19.1. The lowest BCUT2D eigenvalue weighted by atomic mass is 10.0. The predicted molar refractivity (Wildman–Crippen MR) is 78.6 cm³/mol. The third-order valence-corrected chi connectivity index (χ3v) is 3.73. The molecule has 1 fully saturated rings. The van der Waals surface area contributed by atoms with Crippen molar-refractivity contribution < 1.29 is 9.50 Å². The van der Waals surface area contributed by atoms with Gasteiger partial charge in [-0.15, -0.1) is 0 Å². The topological polar surface area (TPSA) is 73.0 Å². The molecule has 0 saturated carbocycles. The van der Waals surface area contributed by atoms with Gasteiger partial charge in [-0.3, -0.25) is 0 Å². The number of nitriles is 1. The van der Waals surface area contributed by atoms with Crippen molar-refractivity contribution in [3.05, 3.63) is 53.1 Å². The highest BCUT2D eigenvalue weighted by Gasteiger charge is 2.34. The average molecular weight is 298 g/mol. The summed E-state index contributed by atoms with van der Waals surface area (Å²) in [5.74, 6) is 0.0732. The van der Waals surface area contributed by atoms with Gasteiger partial charge in [0.05, 0.1) is 12.1 Å². The van der Waals surface area contributed by atoms with Crippen LogP contribution in [0.3, 0.4) is 0 Å².